The van der Waals surface area contributed by atoms with E-state index in [2.05, 4.69) is 0 Å². The van der Waals surface area contributed by atoms with Gasteiger partial charge in [0.2, 0.25) is 0 Å². The van der Waals surface area contributed by atoms with E-state index in [1.165, 1.54) is 12.1 Å². The molecule has 78 valence electrons. The second kappa shape index (κ2) is 3.77. The molecule has 0 spiro atoms. The topological polar surface area (TPSA) is 39.2 Å². The largest absolute Gasteiger partial charge is 0.461 e. The Kier molecular flexibility index (Phi) is 2.46. The number of hydrogen-bond donors (Lipinski definition) is 1. The summed E-state index contributed by atoms with van der Waals surface area (Å²) in [5, 5.41) is 0. The second-order valence-corrected chi connectivity index (χ2v) is 3.35. The predicted octanol–water partition coefficient (Wildman–Crippen LogP) is 3.23. The molecule has 0 bridgehead atoms. The Hall–Kier alpha value is -1.77. The molecule has 0 atom stereocenters. The number of benzene rings is 1. The van der Waals surface area contributed by atoms with Crippen molar-refractivity contribution in [1.29, 1.82) is 0 Å². The Morgan fingerprint density at radius 3 is 2.67 bits per heavy atom. The zero-order valence-electron chi connectivity index (χ0n) is 8.46. The molecule has 0 fully saturated rings. The van der Waals surface area contributed by atoms with Crippen molar-refractivity contribution in [2.24, 2.45) is 0 Å². The lowest BCUT2D eigenvalue weighted by atomic mass is 10.1. The van der Waals surface area contributed by atoms with Gasteiger partial charge in [-0.25, -0.2) is 4.39 Å². The number of rotatable bonds is 2. The standard InChI is InChI=1S/C12H12FNO/c1-2-9-4-6-12(15-9)10-5-3-8(13)7-11(10)14/h3-7H,2,14H2,1H3. The van der Waals surface area contributed by atoms with Crippen LogP contribution in [0.25, 0.3) is 11.3 Å². The van der Waals surface area contributed by atoms with Gasteiger partial charge in [-0.05, 0) is 30.3 Å². The molecule has 1 aromatic heterocycles. The molecule has 2 N–H and O–H groups in total. The highest BCUT2D eigenvalue weighted by molar-refractivity contribution is 5.72. The van der Waals surface area contributed by atoms with E-state index < -0.39 is 0 Å². The molecule has 0 aliphatic carbocycles. The number of nitrogens with two attached hydrogens (primary N) is 1. The monoisotopic (exact) mass is 205 g/mol. The molecule has 2 nitrogen and oxygen atoms in total. The van der Waals surface area contributed by atoms with Crippen LogP contribution in [0.3, 0.4) is 0 Å². The smallest absolute Gasteiger partial charge is 0.136 e. The van der Waals surface area contributed by atoms with Crippen molar-refractivity contribution in [2.45, 2.75) is 13.3 Å². The molecule has 2 rings (SSSR count). The van der Waals surface area contributed by atoms with Crippen LogP contribution in [0.15, 0.2) is 34.7 Å². The van der Waals surface area contributed by atoms with Gasteiger partial charge in [0.25, 0.3) is 0 Å². The maximum Gasteiger partial charge on any atom is 0.136 e. The number of hydrogen-bond acceptors (Lipinski definition) is 2. The number of aryl methyl sites for hydroxylation is 1. The molecule has 0 saturated carbocycles. The Labute approximate surface area is 87.5 Å². The van der Waals surface area contributed by atoms with E-state index >= 15 is 0 Å². The maximum absolute atomic E-state index is 12.8. The van der Waals surface area contributed by atoms with Crippen LogP contribution in [-0.2, 0) is 6.42 Å². The Balaban J connectivity index is 2.44. The van der Waals surface area contributed by atoms with Crippen LogP contribution in [0.4, 0.5) is 10.1 Å². The summed E-state index contributed by atoms with van der Waals surface area (Å²) in [7, 11) is 0. The highest BCUT2D eigenvalue weighted by Gasteiger charge is 2.07. The summed E-state index contributed by atoms with van der Waals surface area (Å²) in [6, 6.07) is 8.05. The third-order valence-electron chi connectivity index (χ3n) is 2.29. The third kappa shape index (κ3) is 1.86. The summed E-state index contributed by atoms with van der Waals surface area (Å²) in [6.07, 6.45) is 0.834. The lowest BCUT2D eigenvalue weighted by molar-refractivity contribution is 0.529. The van der Waals surface area contributed by atoms with Crippen LogP contribution < -0.4 is 5.73 Å². The fourth-order valence-electron chi connectivity index (χ4n) is 1.47. The molecule has 0 radical (unpaired) electrons. The van der Waals surface area contributed by atoms with Crippen LogP contribution in [0.1, 0.15) is 12.7 Å². The molecular weight excluding hydrogens is 193 g/mol. The van der Waals surface area contributed by atoms with E-state index in [9.17, 15) is 4.39 Å². The fourth-order valence-corrected chi connectivity index (χ4v) is 1.47. The lowest BCUT2D eigenvalue weighted by Gasteiger charge is -2.01. The van der Waals surface area contributed by atoms with Crippen molar-refractivity contribution < 1.29 is 8.81 Å². The van der Waals surface area contributed by atoms with E-state index in [-0.39, 0.29) is 5.82 Å². The molecule has 0 aliphatic heterocycles. The lowest BCUT2D eigenvalue weighted by Crippen LogP contribution is -1.90. The van der Waals surface area contributed by atoms with E-state index in [1.54, 1.807) is 6.07 Å². The summed E-state index contributed by atoms with van der Waals surface area (Å²) in [4.78, 5) is 0. The highest BCUT2D eigenvalue weighted by Crippen LogP contribution is 2.28. The van der Waals surface area contributed by atoms with E-state index in [1.807, 2.05) is 19.1 Å². The molecule has 0 unspecified atom stereocenters. The highest BCUT2D eigenvalue weighted by atomic mass is 19.1. The third-order valence-corrected chi connectivity index (χ3v) is 2.29. The number of nitrogen functional groups attached to an aromatic ring is 1. The SMILES string of the molecule is CCc1ccc(-c2ccc(F)cc2N)o1. The molecule has 0 aliphatic rings. The van der Waals surface area contributed by atoms with Gasteiger partial charge in [-0.3, -0.25) is 0 Å². The van der Waals surface area contributed by atoms with Crippen molar-refractivity contribution in [3.8, 4) is 11.3 Å². The first-order valence-corrected chi connectivity index (χ1v) is 4.85. The van der Waals surface area contributed by atoms with Crippen LogP contribution in [0, 0.1) is 5.82 Å². The van der Waals surface area contributed by atoms with E-state index in [4.69, 9.17) is 10.2 Å². The normalized spacial score (nSPS) is 10.5. The quantitative estimate of drug-likeness (QED) is 0.764. The maximum atomic E-state index is 12.8. The zero-order valence-corrected chi connectivity index (χ0v) is 8.46. The predicted molar refractivity (Wildman–Crippen MR) is 57.9 cm³/mol. The molecule has 1 heterocycles. The van der Waals surface area contributed by atoms with E-state index in [0.29, 0.717) is 11.4 Å². The Morgan fingerprint density at radius 1 is 1.27 bits per heavy atom. The van der Waals surface area contributed by atoms with Crippen molar-refractivity contribution in [1.82, 2.24) is 0 Å². The molecule has 15 heavy (non-hydrogen) atoms. The van der Waals surface area contributed by atoms with Gasteiger partial charge in [-0.15, -0.1) is 0 Å². The van der Waals surface area contributed by atoms with Gasteiger partial charge in [0.1, 0.15) is 17.3 Å². The van der Waals surface area contributed by atoms with E-state index in [0.717, 1.165) is 17.7 Å². The van der Waals surface area contributed by atoms with Crippen molar-refractivity contribution in [3.63, 3.8) is 0 Å². The van der Waals surface area contributed by atoms with Gasteiger partial charge in [0.05, 0.1) is 0 Å². The Bertz CT molecular complexity index is 476. The van der Waals surface area contributed by atoms with Gasteiger partial charge in [0, 0.05) is 17.7 Å². The summed E-state index contributed by atoms with van der Waals surface area (Å²) in [5.74, 6) is 1.25. The van der Waals surface area contributed by atoms with Gasteiger partial charge < -0.3 is 10.2 Å². The second-order valence-electron chi connectivity index (χ2n) is 3.35. The number of halogens is 1. The molecular formula is C12H12FNO. The molecule has 3 heteroatoms. The van der Waals surface area contributed by atoms with Gasteiger partial charge in [0.15, 0.2) is 0 Å². The van der Waals surface area contributed by atoms with Crippen molar-refractivity contribution in [3.05, 3.63) is 41.9 Å². The summed E-state index contributed by atoms with van der Waals surface area (Å²) >= 11 is 0. The first-order chi connectivity index (χ1) is 7.20. The molecule has 1 aromatic carbocycles. The van der Waals surface area contributed by atoms with Crippen LogP contribution in [-0.4, -0.2) is 0 Å². The van der Waals surface area contributed by atoms with Crippen molar-refractivity contribution >= 4 is 5.69 Å². The Morgan fingerprint density at radius 2 is 2.07 bits per heavy atom. The number of anilines is 1. The minimum absolute atomic E-state index is 0.335. The first-order valence-electron chi connectivity index (χ1n) is 4.85. The van der Waals surface area contributed by atoms with Gasteiger partial charge in [-0.2, -0.15) is 0 Å². The van der Waals surface area contributed by atoms with Gasteiger partial charge >= 0.3 is 0 Å². The average molecular weight is 205 g/mol. The average Bonchev–Trinajstić information content (AvgIpc) is 2.66. The first kappa shape index (κ1) is 9.77. The van der Waals surface area contributed by atoms with Crippen LogP contribution in [0.5, 0.6) is 0 Å². The number of furan rings is 1. The minimum atomic E-state index is -0.335. The minimum Gasteiger partial charge on any atom is -0.461 e. The molecule has 0 amide bonds. The molecule has 0 saturated heterocycles. The van der Waals surface area contributed by atoms with Crippen molar-refractivity contribution in [2.75, 3.05) is 5.73 Å². The fraction of sp³-hybridized carbons (Fsp3) is 0.167. The van der Waals surface area contributed by atoms with Gasteiger partial charge in [-0.1, -0.05) is 6.92 Å². The summed E-state index contributed by atoms with van der Waals surface area (Å²) in [5.41, 5.74) is 6.83. The summed E-state index contributed by atoms with van der Waals surface area (Å²) < 4.78 is 18.4. The zero-order chi connectivity index (χ0) is 10.8. The van der Waals surface area contributed by atoms with Crippen LogP contribution >= 0.6 is 0 Å². The van der Waals surface area contributed by atoms with Crippen LogP contribution in [0.2, 0.25) is 0 Å². The summed E-state index contributed by atoms with van der Waals surface area (Å²) in [6.45, 7) is 2.01. The molecule has 2 aromatic rings.